The molecule has 0 saturated heterocycles. The maximum atomic E-state index is 9.54. The quantitative estimate of drug-likeness (QED) is 0.721. The van der Waals surface area contributed by atoms with Gasteiger partial charge in [-0.05, 0) is 31.9 Å². The number of allylic oxidation sites excluding steroid dienone is 1. The first-order valence-electron chi connectivity index (χ1n) is 6.04. The van der Waals surface area contributed by atoms with Crippen LogP contribution in [0.25, 0.3) is 0 Å². The van der Waals surface area contributed by atoms with Crippen molar-refractivity contribution in [2.75, 3.05) is 11.9 Å². The van der Waals surface area contributed by atoms with Crippen LogP contribution in [0.2, 0.25) is 0 Å². The Morgan fingerprint density at radius 1 is 1.29 bits per heavy atom. The number of rotatable bonds is 2. The van der Waals surface area contributed by atoms with Crippen molar-refractivity contribution in [3.63, 3.8) is 0 Å². The van der Waals surface area contributed by atoms with Crippen molar-refractivity contribution >= 4 is 5.69 Å². The summed E-state index contributed by atoms with van der Waals surface area (Å²) in [5.74, 6) is 0. The molecule has 0 bridgehead atoms. The summed E-state index contributed by atoms with van der Waals surface area (Å²) in [6, 6.07) is 12.7. The summed E-state index contributed by atoms with van der Waals surface area (Å²) in [5, 5.41) is 9.54. The molecule has 0 fully saturated rings. The fourth-order valence-corrected chi connectivity index (χ4v) is 2.33. The summed E-state index contributed by atoms with van der Waals surface area (Å²) < 4.78 is 0. The standard InChI is InChI=1S/C15H18N2/c1-13-8-10-15(12-16,11-9-13)17(2)14-6-4-3-5-7-14/h3-8H,9-11H2,1-2H3. The van der Waals surface area contributed by atoms with E-state index in [2.05, 4.69) is 36.1 Å². The third-order valence-corrected chi connectivity index (χ3v) is 3.71. The van der Waals surface area contributed by atoms with Gasteiger partial charge in [-0.1, -0.05) is 29.8 Å². The van der Waals surface area contributed by atoms with Gasteiger partial charge < -0.3 is 4.90 Å². The van der Waals surface area contributed by atoms with Crippen LogP contribution in [-0.4, -0.2) is 12.6 Å². The molecule has 1 aliphatic carbocycles. The normalized spacial score (nSPS) is 23.7. The molecule has 0 amide bonds. The lowest BCUT2D eigenvalue weighted by Gasteiger charge is -2.39. The fraction of sp³-hybridized carbons (Fsp3) is 0.400. The summed E-state index contributed by atoms with van der Waals surface area (Å²) in [6.45, 7) is 2.14. The first-order chi connectivity index (χ1) is 8.18. The minimum Gasteiger partial charge on any atom is -0.356 e. The number of nitrogens with zero attached hydrogens (tertiary/aromatic N) is 2. The van der Waals surface area contributed by atoms with E-state index in [1.807, 2.05) is 25.2 Å². The number of anilines is 1. The summed E-state index contributed by atoms with van der Waals surface area (Å²) in [4.78, 5) is 2.12. The molecule has 0 radical (unpaired) electrons. The fourth-order valence-electron chi connectivity index (χ4n) is 2.33. The first kappa shape index (κ1) is 11.7. The van der Waals surface area contributed by atoms with Crippen molar-refractivity contribution in [2.45, 2.75) is 31.7 Å². The average molecular weight is 226 g/mol. The molecule has 1 unspecified atom stereocenters. The van der Waals surface area contributed by atoms with Gasteiger partial charge in [-0.15, -0.1) is 0 Å². The molecule has 1 aliphatic rings. The maximum absolute atomic E-state index is 9.54. The SMILES string of the molecule is CC1=CCC(C#N)(N(C)c2ccccc2)CC1. The highest BCUT2D eigenvalue weighted by Crippen LogP contribution is 2.34. The lowest BCUT2D eigenvalue weighted by atomic mass is 9.82. The van der Waals surface area contributed by atoms with Gasteiger partial charge in [-0.25, -0.2) is 0 Å². The van der Waals surface area contributed by atoms with Crippen molar-refractivity contribution in [2.24, 2.45) is 0 Å². The smallest absolute Gasteiger partial charge is 0.131 e. The first-order valence-corrected chi connectivity index (χ1v) is 6.04. The second-order valence-corrected chi connectivity index (χ2v) is 4.79. The minimum atomic E-state index is -0.374. The third kappa shape index (κ3) is 2.19. The Balaban J connectivity index is 2.29. The van der Waals surface area contributed by atoms with Crippen molar-refractivity contribution in [3.8, 4) is 6.07 Å². The molecule has 2 nitrogen and oxygen atoms in total. The van der Waals surface area contributed by atoms with E-state index in [0.717, 1.165) is 24.9 Å². The van der Waals surface area contributed by atoms with Gasteiger partial charge in [0, 0.05) is 19.2 Å². The Morgan fingerprint density at radius 2 is 2.00 bits per heavy atom. The Hall–Kier alpha value is -1.75. The lowest BCUT2D eigenvalue weighted by Crippen LogP contribution is -2.46. The largest absolute Gasteiger partial charge is 0.356 e. The molecule has 0 N–H and O–H groups in total. The highest BCUT2D eigenvalue weighted by atomic mass is 15.2. The van der Waals surface area contributed by atoms with E-state index in [1.54, 1.807) is 0 Å². The third-order valence-electron chi connectivity index (χ3n) is 3.71. The highest BCUT2D eigenvalue weighted by molar-refractivity contribution is 5.51. The zero-order valence-corrected chi connectivity index (χ0v) is 10.5. The van der Waals surface area contributed by atoms with Crippen LogP contribution in [0, 0.1) is 11.3 Å². The van der Waals surface area contributed by atoms with Crippen LogP contribution in [-0.2, 0) is 0 Å². The number of nitriles is 1. The van der Waals surface area contributed by atoms with Gasteiger partial charge >= 0.3 is 0 Å². The van der Waals surface area contributed by atoms with Gasteiger partial charge in [0.25, 0.3) is 0 Å². The Kier molecular flexibility index (Phi) is 3.19. The predicted octanol–water partition coefficient (Wildman–Crippen LogP) is 3.52. The molecular formula is C15H18N2. The van der Waals surface area contributed by atoms with E-state index < -0.39 is 0 Å². The van der Waals surface area contributed by atoms with Crippen LogP contribution < -0.4 is 4.90 Å². The molecule has 0 aromatic heterocycles. The van der Waals surface area contributed by atoms with Crippen LogP contribution in [0.3, 0.4) is 0 Å². The van der Waals surface area contributed by atoms with E-state index in [0.29, 0.717) is 0 Å². The molecule has 0 aliphatic heterocycles. The monoisotopic (exact) mass is 226 g/mol. The van der Waals surface area contributed by atoms with Gasteiger partial charge in [-0.2, -0.15) is 5.26 Å². The second kappa shape index (κ2) is 4.63. The van der Waals surface area contributed by atoms with E-state index in [1.165, 1.54) is 5.57 Å². The molecule has 1 aromatic carbocycles. The van der Waals surface area contributed by atoms with Gasteiger partial charge in [0.2, 0.25) is 0 Å². The number of hydrogen-bond donors (Lipinski definition) is 0. The number of hydrogen-bond acceptors (Lipinski definition) is 2. The van der Waals surface area contributed by atoms with Crippen LogP contribution in [0.4, 0.5) is 5.69 Å². The number of para-hydroxylation sites is 1. The highest BCUT2D eigenvalue weighted by Gasteiger charge is 2.35. The van der Waals surface area contributed by atoms with Gasteiger partial charge in [0.05, 0.1) is 6.07 Å². The van der Waals surface area contributed by atoms with Crippen molar-refractivity contribution < 1.29 is 0 Å². The van der Waals surface area contributed by atoms with E-state index >= 15 is 0 Å². The number of benzene rings is 1. The van der Waals surface area contributed by atoms with Crippen molar-refractivity contribution in [1.29, 1.82) is 5.26 Å². The molecule has 0 heterocycles. The summed E-state index contributed by atoms with van der Waals surface area (Å²) in [5.41, 5.74) is 2.14. The summed E-state index contributed by atoms with van der Waals surface area (Å²) in [7, 11) is 2.02. The minimum absolute atomic E-state index is 0.374. The molecule has 0 saturated carbocycles. The summed E-state index contributed by atoms with van der Waals surface area (Å²) in [6.07, 6.45) is 4.95. The maximum Gasteiger partial charge on any atom is 0.131 e. The van der Waals surface area contributed by atoms with Gasteiger partial charge in [0.1, 0.15) is 5.54 Å². The topological polar surface area (TPSA) is 27.0 Å². The average Bonchev–Trinajstić information content (AvgIpc) is 2.40. The zero-order valence-electron chi connectivity index (χ0n) is 10.5. The van der Waals surface area contributed by atoms with Crippen LogP contribution in [0.1, 0.15) is 26.2 Å². The lowest BCUT2D eigenvalue weighted by molar-refractivity contribution is 0.457. The summed E-state index contributed by atoms with van der Waals surface area (Å²) >= 11 is 0. The Labute approximate surface area is 103 Å². The molecule has 0 spiro atoms. The van der Waals surface area contributed by atoms with Crippen LogP contribution in [0.15, 0.2) is 42.0 Å². The van der Waals surface area contributed by atoms with E-state index in [9.17, 15) is 5.26 Å². The Morgan fingerprint density at radius 3 is 2.53 bits per heavy atom. The zero-order chi connectivity index (χ0) is 12.3. The van der Waals surface area contributed by atoms with Gasteiger partial charge in [0.15, 0.2) is 0 Å². The Bertz CT molecular complexity index is 456. The molecular weight excluding hydrogens is 208 g/mol. The molecule has 2 heteroatoms. The predicted molar refractivity (Wildman–Crippen MR) is 70.8 cm³/mol. The van der Waals surface area contributed by atoms with Crippen LogP contribution >= 0.6 is 0 Å². The van der Waals surface area contributed by atoms with Gasteiger partial charge in [-0.3, -0.25) is 0 Å². The second-order valence-electron chi connectivity index (χ2n) is 4.79. The van der Waals surface area contributed by atoms with E-state index in [4.69, 9.17) is 0 Å². The van der Waals surface area contributed by atoms with Crippen molar-refractivity contribution in [3.05, 3.63) is 42.0 Å². The van der Waals surface area contributed by atoms with Crippen LogP contribution in [0.5, 0.6) is 0 Å². The van der Waals surface area contributed by atoms with E-state index in [-0.39, 0.29) is 5.54 Å². The molecule has 2 rings (SSSR count). The molecule has 1 atom stereocenters. The molecule has 1 aromatic rings. The van der Waals surface area contributed by atoms with Crippen molar-refractivity contribution in [1.82, 2.24) is 0 Å². The molecule has 88 valence electrons. The molecule has 17 heavy (non-hydrogen) atoms.